The first kappa shape index (κ1) is 19.1. The maximum Gasteiger partial charge on any atom is 0.277 e. The van der Waals surface area contributed by atoms with Gasteiger partial charge in [0.15, 0.2) is 6.61 Å². The molecule has 0 saturated carbocycles. The van der Waals surface area contributed by atoms with Crippen molar-refractivity contribution in [3.63, 3.8) is 0 Å². The fourth-order valence-corrected chi connectivity index (χ4v) is 2.52. The molecule has 1 N–H and O–H groups in total. The Kier molecular flexibility index (Phi) is 6.03. The fraction of sp³-hybridized carbons (Fsp3) is 0.0526. The molecule has 0 radical (unpaired) electrons. The number of para-hydroxylation sites is 1. The summed E-state index contributed by atoms with van der Waals surface area (Å²) >= 11 is 6.08. The number of carbonyl (C=O) groups is 1. The molecule has 0 unspecified atom stereocenters. The molecule has 8 nitrogen and oxygen atoms in total. The standard InChI is InChI=1S/C19H14ClN3O5/c20-17-10-13(23(25)26)6-8-16(17)18-9-7-15(28-18)11-21-22-19(24)12-27-14-4-2-1-3-5-14/h1-11H,12H2,(H,22,24). The summed E-state index contributed by atoms with van der Waals surface area (Å²) in [5.74, 6) is 0.941. The second-order valence-corrected chi connectivity index (χ2v) is 5.93. The second kappa shape index (κ2) is 8.83. The summed E-state index contributed by atoms with van der Waals surface area (Å²) in [6.45, 7) is -0.177. The minimum absolute atomic E-state index is 0.109. The summed E-state index contributed by atoms with van der Waals surface area (Å²) in [5.41, 5.74) is 2.72. The van der Waals surface area contributed by atoms with Crippen molar-refractivity contribution in [3.05, 3.63) is 81.6 Å². The van der Waals surface area contributed by atoms with Crippen LogP contribution in [0.5, 0.6) is 5.75 Å². The van der Waals surface area contributed by atoms with Gasteiger partial charge in [0.2, 0.25) is 0 Å². The third-order valence-electron chi connectivity index (χ3n) is 3.55. The SMILES string of the molecule is O=C(COc1ccccc1)NN=Cc1ccc(-c2ccc([N+](=O)[O-])cc2Cl)o1. The Morgan fingerprint density at radius 2 is 2.00 bits per heavy atom. The largest absolute Gasteiger partial charge is 0.484 e. The van der Waals surface area contributed by atoms with Crippen molar-refractivity contribution < 1.29 is 18.9 Å². The van der Waals surface area contributed by atoms with Crippen LogP contribution in [0.25, 0.3) is 11.3 Å². The molecule has 0 saturated heterocycles. The van der Waals surface area contributed by atoms with Crippen molar-refractivity contribution in [1.82, 2.24) is 5.43 Å². The molecule has 0 aliphatic heterocycles. The lowest BCUT2D eigenvalue weighted by Crippen LogP contribution is -2.24. The van der Waals surface area contributed by atoms with E-state index in [4.69, 9.17) is 20.8 Å². The Hall–Kier alpha value is -3.65. The van der Waals surface area contributed by atoms with E-state index in [1.807, 2.05) is 6.07 Å². The third kappa shape index (κ3) is 4.95. The van der Waals surface area contributed by atoms with E-state index in [2.05, 4.69) is 10.5 Å². The van der Waals surface area contributed by atoms with Crippen LogP contribution >= 0.6 is 11.6 Å². The van der Waals surface area contributed by atoms with Crippen molar-refractivity contribution in [2.24, 2.45) is 5.10 Å². The number of rotatable bonds is 7. The summed E-state index contributed by atoms with van der Waals surface area (Å²) in [6, 6.07) is 16.3. The quantitative estimate of drug-likeness (QED) is 0.366. The number of hydrazone groups is 1. The van der Waals surface area contributed by atoms with Crippen LogP contribution in [0.2, 0.25) is 5.02 Å². The Morgan fingerprint density at radius 1 is 1.21 bits per heavy atom. The average Bonchev–Trinajstić information content (AvgIpc) is 3.15. The van der Waals surface area contributed by atoms with Crippen LogP contribution < -0.4 is 10.2 Å². The van der Waals surface area contributed by atoms with Gasteiger partial charge in [-0.05, 0) is 30.3 Å². The number of amides is 1. The number of nitrogens with one attached hydrogen (secondary N) is 1. The molecule has 28 heavy (non-hydrogen) atoms. The summed E-state index contributed by atoms with van der Waals surface area (Å²) in [4.78, 5) is 22.0. The normalized spacial score (nSPS) is 10.8. The molecule has 3 aromatic rings. The van der Waals surface area contributed by atoms with Crippen LogP contribution in [0.3, 0.4) is 0 Å². The van der Waals surface area contributed by atoms with Crippen LogP contribution in [0, 0.1) is 10.1 Å². The van der Waals surface area contributed by atoms with Crippen molar-refractivity contribution in [2.75, 3.05) is 6.61 Å². The molecule has 142 valence electrons. The molecule has 0 bridgehead atoms. The lowest BCUT2D eigenvalue weighted by atomic mass is 10.1. The zero-order valence-electron chi connectivity index (χ0n) is 14.4. The number of furan rings is 1. The Labute approximate surface area is 164 Å². The molecule has 0 aliphatic carbocycles. The molecule has 9 heteroatoms. The van der Waals surface area contributed by atoms with E-state index in [0.29, 0.717) is 22.8 Å². The number of hydrogen-bond acceptors (Lipinski definition) is 6. The fourth-order valence-electron chi connectivity index (χ4n) is 2.25. The summed E-state index contributed by atoms with van der Waals surface area (Å²) < 4.78 is 10.9. The van der Waals surface area contributed by atoms with Crippen molar-refractivity contribution >= 4 is 29.4 Å². The van der Waals surface area contributed by atoms with Crippen LogP contribution in [0.4, 0.5) is 5.69 Å². The highest BCUT2D eigenvalue weighted by molar-refractivity contribution is 6.33. The zero-order chi connectivity index (χ0) is 19.9. The van der Waals surface area contributed by atoms with E-state index >= 15 is 0 Å². The van der Waals surface area contributed by atoms with Crippen LogP contribution in [-0.2, 0) is 4.79 Å². The molecule has 0 spiro atoms. The average molecular weight is 400 g/mol. The smallest absolute Gasteiger partial charge is 0.277 e. The maximum atomic E-state index is 11.7. The molecular formula is C19H14ClN3O5. The van der Waals surface area contributed by atoms with Gasteiger partial charge in [0, 0.05) is 17.7 Å². The van der Waals surface area contributed by atoms with E-state index in [9.17, 15) is 14.9 Å². The van der Waals surface area contributed by atoms with E-state index in [1.165, 1.54) is 24.4 Å². The number of nitro benzene ring substituents is 1. The Morgan fingerprint density at radius 3 is 2.71 bits per heavy atom. The zero-order valence-corrected chi connectivity index (χ0v) is 15.1. The molecule has 1 heterocycles. The number of benzene rings is 2. The second-order valence-electron chi connectivity index (χ2n) is 5.52. The number of nitro groups is 1. The van der Waals surface area contributed by atoms with Gasteiger partial charge in [0.1, 0.15) is 17.3 Å². The minimum atomic E-state index is -0.528. The molecule has 1 amide bonds. The molecule has 0 atom stereocenters. The summed E-state index contributed by atoms with van der Waals surface area (Å²) in [5, 5.41) is 14.8. The van der Waals surface area contributed by atoms with E-state index in [0.717, 1.165) is 0 Å². The molecular weight excluding hydrogens is 386 g/mol. The van der Waals surface area contributed by atoms with Gasteiger partial charge in [0.05, 0.1) is 16.2 Å². The van der Waals surface area contributed by atoms with Crippen LogP contribution in [-0.4, -0.2) is 23.7 Å². The lowest BCUT2D eigenvalue weighted by molar-refractivity contribution is -0.384. The van der Waals surface area contributed by atoms with Gasteiger partial charge in [-0.15, -0.1) is 0 Å². The van der Waals surface area contributed by atoms with Gasteiger partial charge in [-0.25, -0.2) is 5.43 Å². The van der Waals surface area contributed by atoms with Gasteiger partial charge in [-0.1, -0.05) is 29.8 Å². The Bertz CT molecular complexity index is 1020. The number of halogens is 1. The highest BCUT2D eigenvalue weighted by Gasteiger charge is 2.13. The van der Waals surface area contributed by atoms with Gasteiger partial charge < -0.3 is 9.15 Å². The van der Waals surface area contributed by atoms with Crippen LogP contribution in [0.15, 0.2) is 70.2 Å². The first-order valence-corrected chi connectivity index (χ1v) is 8.44. The van der Waals surface area contributed by atoms with Gasteiger partial charge in [-0.3, -0.25) is 14.9 Å². The topological polar surface area (TPSA) is 107 Å². The molecule has 3 rings (SSSR count). The maximum absolute atomic E-state index is 11.7. The summed E-state index contributed by atoms with van der Waals surface area (Å²) in [6.07, 6.45) is 1.32. The van der Waals surface area contributed by atoms with Crippen molar-refractivity contribution in [1.29, 1.82) is 0 Å². The molecule has 1 aromatic heterocycles. The van der Waals surface area contributed by atoms with Crippen molar-refractivity contribution in [2.45, 2.75) is 0 Å². The predicted molar refractivity (Wildman–Crippen MR) is 103 cm³/mol. The number of nitrogens with zero attached hydrogens (tertiary/aromatic N) is 2. The van der Waals surface area contributed by atoms with Crippen molar-refractivity contribution in [3.8, 4) is 17.1 Å². The minimum Gasteiger partial charge on any atom is -0.484 e. The predicted octanol–water partition coefficient (Wildman–Crippen LogP) is 4.04. The van der Waals surface area contributed by atoms with Gasteiger partial charge in [0.25, 0.3) is 11.6 Å². The van der Waals surface area contributed by atoms with E-state index in [1.54, 1.807) is 36.4 Å². The van der Waals surface area contributed by atoms with Crippen LogP contribution in [0.1, 0.15) is 5.76 Å². The van der Waals surface area contributed by atoms with E-state index < -0.39 is 10.8 Å². The number of non-ortho nitro benzene ring substituents is 1. The molecule has 2 aromatic carbocycles. The number of hydrogen-bond donors (Lipinski definition) is 1. The summed E-state index contributed by atoms with van der Waals surface area (Å²) in [7, 11) is 0. The highest BCUT2D eigenvalue weighted by atomic mass is 35.5. The lowest BCUT2D eigenvalue weighted by Gasteiger charge is -2.03. The number of ether oxygens (including phenoxy) is 1. The number of carbonyl (C=O) groups excluding carboxylic acids is 1. The Balaban J connectivity index is 1.57. The monoisotopic (exact) mass is 399 g/mol. The van der Waals surface area contributed by atoms with E-state index in [-0.39, 0.29) is 17.3 Å². The first-order chi connectivity index (χ1) is 13.5. The molecule has 0 fully saturated rings. The van der Waals surface area contributed by atoms with Gasteiger partial charge >= 0.3 is 0 Å². The first-order valence-electron chi connectivity index (χ1n) is 8.07. The molecule has 0 aliphatic rings. The van der Waals surface area contributed by atoms with Gasteiger partial charge in [-0.2, -0.15) is 5.10 Å². The highest BCUT2D eigenvalue weighted by Crippen LogP contribution is 2.31. The third-order valence-corrected chi connectivity index (χ3v) is 3.86.